The second kappa shape index (κ2) is 9.89. The number of Topliss-reactive ketones (excluding diaryl/α,β-unsaturated/α-hetero) is 1. The average Bonchev–Trinajstić information content (AvgIpc) is 3.29. The minimum absolute atomic E-state index is 0.0146. The number of carbonyl (C=O) groups excluding carboxylic acids is 2. The van der Waals surface area contributed by atoms with Crippen LogP contribution in [0.4, 0.5) is 5.82 Å². The van der Waals surface area contributed by atoms with Crippen molar-refractivity contribution in [1.29, 1.82) is 0 Å². The van der Waals surface area contributed by atoms with Gasteiger partial charge in [0.15, 0.2) is 0 Å². The molecule has 198 valence electrons. The maximum Gasteiger partial charge on any atom is 0.381 e. The molecule has 0 radical (unpaired) electrons. The molecule has 1 saturated heterocycles. The Morgan fingerprint density at radius 1 is 1.11 bits per heavy atom. The Morgan fingerprint density at radius 3 is 2.45 bits per heavy atom. The number of allylic oxidation sites excluding steroid dienone is 2. The normalized spacial score (nSPS) is 22.2. The van der Waals surface area contributed by atoms with Gasteiger partial charge in [0, 0.05) is 24.1 Å². The first-order valence-electron chi connectivity index (χ1n) is 13.3. The number of nitrogens with zero attached hydrogens (tertiary/aromatic N) is 3. The van der Waals surface area contributed by atoms with E-state index in [4.69, 9.17) is 10.1 Å². The van der Waals surface area contributed by atoms with Crippen molar-refractivity contribution in [1.82, 2.24) is 10.3 Å². The van der Waals surface area contributed by atoms with Gasteiger partial charge in [0.2, 0.25) is 11.5 Å². The molecular weight excluding hydrogens is 482 g/mol. The van der Waals surface area contributed by atoms with E-state index in [-0.39, 0.29) is 33.3 Å². The molecule has 38 heavy (non-hydrogen) atoms. The molecule has 3 heterocycles. The number of aromatic nitrogens is 1. The lowest BCUT2D eigenvalue weighted by atomic mass is 9.67. The molecule has 1 atom stereocenters. The lowest BCUT2D eigenvalue weighted by molar-refractivity contribution is -0.833. The second-order valence-electron chi connectivity index (χ2n) is 10.7. The maximum atomic E-state index is 14.4. The molecule has 3 N–H and O–H groups in total. The zero-order chi connectivity index (χ0) is 27.1. The summed E-state index contributed by atoms with van der Waals surface area (Å²) in [6, 6.07) is 9.65. The van der Waals surface area contributed by atoms with Gasteiger partial charge in [0.1, 0.15) is 17.4 Å². The van der Waals surface area contributed by atoms with Crippen LogP contribution in [0.25, 0.3) is 11.3 Å². The fraction of sp³-hybridized carbons (Fsp3) is 0.414. The molecule has 1 spiro atoms. The van der Waals surface area contributed by atoms with Crippen LogP contribution in [0.1, 0.15) is 67.2 Å². The molecule has 5 rings (SSSR count). The molecule has 1 aromatic carbocycles. The summed E-state index contributed by atoms with van der Waals surface area (Å²) < 4.78 is -0.380. The first-order chi connectivity index (χ1) is 18.2. The lowest BCUT2D eigenvalue weighted by Gasteiger charge is -2.41. The fourth-order valence-electron chi connectivity index (χ4n) is 6.04. The van der Waals surface area contributed by atoms with E-state index in [0.717, 1.165) is 43.5 Å². The number of carboxylic acids is 1. The van der Waals surface area contributed by atoms with E-state index >= 15 is 0 Å². The highest BCUT2D eigenvalue weighted by molar-refractivity contribution is 6.07. The maximum absolute atomic E-state index is 14.4. The molecule has 2 aliphatic heterocycles. The lowest BCUT2D eigenvalue weighted by Crippen LogP contribution is -2.54. The van der Waals surface area contributed by atoms with Gasteiger partial charge in [0.25, 0.3) is 0 Å². The molecule has 9 nitrogen and oxygen atoms in total. The highest BCUT2D eigenvalue weighted by Gasteiger charge is 2.57. The Labute approximate surface area is 222 Å². The third-order valence-corrected chi connectivity index (χ3v) is 8.02. The third kappa shape index (κ3) is 4.25. The number of ketones is 1. The number of quaternary nitrogens is 1. The summed E-state index contributed by atoms with van der Waals surface area (Å²) in [6.45, 7) is 8.12. The number of hydrogen-bond donors (Lipinski definition) is 3. The van der Waals surface area contributed by atoms with Crippen LogP contribution in [0.15, 0.2) is 52.8 Å². The van der Waals surface area contributed by atoms with Crippen LogP contribution < -0.4 is 10.6 Å². The number of hydrogen-bond acceptors (Lipinski definition) is 7. The van der Waals surface area contributed by atoms with Crippen LogP contribution in [0.3, 0.4) is 0 Å². The zero-order valence-electron chi connectivity index (χ0n) is 22.1. The number of rotatable bonds is 6. The number of benzene rings is 1. The molecule has 2 aromatic rings. The summed E-state index contributed by atoms with van der Waals surface area (Å²) in [7, 11) is 0. The van der Waals surface area contributed by atoms with Crippen LogP contribution in [-0.2, 0) is 4.79 Å². The van der Waals surface area contributed by atoms with Gasteiger partial charge in [-0.1, -0.05) is 21.8 Å². The highest BCUT2D eigenvalue weighted by atomic mass is 16.4. The summed E-state index contributed by atoms with van der Waals surface area (Å²) >= 11 is 0. The number of carboxylic acid groups (broad SMARTS) is 1. The monoisotopic (exact) mass is 516 g/mol. The number of anilines is 1. The van der Waals surface area contributed by atoms with Crippen LogP contribution in [0.2, 0.25) is 0 Å². The number of piperidine rings is 1. The van der Waals surface area contributed by atoms with Crippen LogP contribution in [-0.4, -0.2) is 64.2 Å². The van der Waals surface area contributed by atoms with E-state index in [1.807, 2.05) is 20.8 Å². The van der Waals surface area contributed by atoms with Crippen molar-refractivity contribution in [3.05, 3.63) is 58.8 Å². The second-order valence-corrected chi connectivity index (χ2v) is 10.7. The van der Waals surface area contributed by atoms with Gasteiger partial charge in [-0.05, 0) is 82.8 Å². The third-order valence-electron chi connectivity index (χ3n) is 8.02. The van der Waals surface area contributed by atoms with E-state index in [9.17, 15) is 19.5 Å². The van der Waals surface area contributed by atoms with Crippen LogP contribution in [0.5, 0.6) is 0 Å². The molecule has 1 amide bonds. The predicted octanol–water partition coefficient (Wildman–Crippen LogP) is 4.23. The number of pyridine rings is 1. The molecule has 1 aromatic heterocycles. The van der Waals surface area contributed by atoms with Crippen LogP contribution in [0, 0.1) is 5.41 Å². The van der Waals surface area contributed by atoms with Gasteiger partial charge in [-0.2, -0.15) is 0 Å². The SMILES string of the molecule is CCNc1nc(-c2ccc(C(=O)O)cc2)ccc1C(=O)[N+]1(C(C)C)N=CC2=C1C(=O)CC1(CCNCC1)C2. The van der Waals surface area contributed by atoms with Crippen molar-refractivity contribution in [2.24, 2.45) is 10.5 Å². The minimum Gasteiger partial charge on any atom is -0.478 e. The van der Waals surface area contributed by atoms with Crippen molar-refractivity contribution >= 4 is 29.7 Å². The van der Waals surface area contributed by atoms with Gasteiger partial charge >= 0.3 is 11.9 Å². The first kappa shape index (κ1) is 25.9. The summed E-state index contributed by atoms with van der Waals surface area (Å²) in [5, 5.41) is 20.6. The molecule has 3 aliphatic rings. The highest BCUT2D eigenvalue weighted by Crippen LogP contribution is 2.49. The molecular formula is C29H34N5O4+. The van der Waals surface area contributed by atoms with Gasteiger partial charge in [-0.3, -0.25) is 4.79 Å². The number of carbonyl (C=O) groups is 3. The summed E-state index contributed by atoms with van der Waals surface area (Å²) in [5.41, 5.74) is 3.24. The number of aromatic carboxylic acids is 1. The zero-order valence-corrected chi connectivity index (χ0v) is 22.1. The van der Waals surface area contributed by atoms with E-state index in [2.05, 4.69) is 10.6 Å². The van der Waals surface area contributed by atoms with Gasteiger partial charge < -0.3 is 15.7 Å². The average molecular weight is 517 g/mol. The van der Waals surface area contributed by atoms with E-state index in [1.165, 1.54) is 12.1 Å². The molecule has 1 fully saturated rings. The first-order valence-corrected chi connectivity index (χ1v) is 13.3. The predicted molar refractivity (Wildman–Crippen MR) is 145 cm³/mol. The Morgan fingerprint density at radius 2 is 1.82 bits per heavy atom. The van der Waals surface area contributed by atoms with Crippen LogP contribution >= 0.6 is 0 Å². The Balaban J connectivity index is 1.54. The Bertz CT molecular complexity index is 1360. The summed E-state index contributed by atoms with van der Waals surface area (Å²) in [6.07, 6.45) is 4.86. The molecule has 1 unspecified atom stereocenters. The summed E-state index contributed by atoms with van der Waals surface area (Å²) in [5.74, 6) is -0.852. The van der Waals surface area contributed by atoms with Crippen molar-refractivity contribution < 1.29 is 24.1 Å². The van der Waals surface area contributed by atoms with Gasteiger partial charge in [0.05, 0.1) is 17.5 Å². The van der Waals surface area contributed by atoms with Gasteiger partial charge in [-0.15, -0.1) is 0 Å². The molecule has 1 aliphatic carbocycles. The summed E-state index contributed by atoms with van der Waals surface area (Å²) in [4.78, 5) is 44.0. The fourth-order valence-corrected chi connectivity index (χ4v) is 6.04. The minimum atomic E-state index is -0.996. The molecule has 0 bridgehead atoms. The molecule has 9 heteroatoms. The van der Waals surface area contributed by atoms with E-state index in [0.29, 0.717) is 35.7 Å². The van der Waals surface area contributed by atoms with Crippen molar-refractivity contribution in [2.45, 2.75) is 52.5 Å². The smallest absolute Gasteiger partial charge is 0.381 e. The largest absolute Gasteiger partial charge is 0.478 e. The Hall–Kier alpha value is -3.69. The van der Waals surface area contributed by atoms with Crippen molar-refractivity contribution in [2.75, 3.05) is 25.0 Å². The Kier molecular flexibility index (Phi) is 6.75. The van der Waals surface area contributed by atoms with Crippen molar-refractivity contribution in [3.63, 3.8) is 0 Å². The van der Waals surface area contributed by atoms with Gasteiger partial charge in [-0.25, -0.2) is 14.6 Å². The van der Waals surface area contributed by atoms with Crippen molar-refractivity contribution in [3.8, 4) is 11.3 Å². The number of amides is 1. The van der Waals surface area contributed by atoms with E-state index in [1.54, 1.807) is 30.5 Å². The molecule has 0 saturated carbocycles. The topological polar surface area (TPSA) is 121 Å². The van der Waals surface area contributed by atoms with E-state index < -0.39 is 5.97 Å². The quantitative estimate of drug-likeness (QED) is 0.491. The standard InChI is InChI=1S/C29H33N5O4/c1-4-31-26-22(9-10-23(33-26)19-5-7-20(8-6-19)28(37)38)27(36)34(18(2)3)25-21(17-32-34)15-29(16-24(25)35)11-13-30-14-12-29/h5-10,17-18,30H,4,11-16H2,1-3H3,(H-,31,33,36,37,38)/p+1. The number of nitrogens with one attached hydrogen (secondary N) is 2.